The van der Waals surface area contributed by atoms with E-state index < -0.39 is 0 Å². The van der Waals surface area contributed by atoms with Gasteiger partial charge in [0.05, 0.1) is 0 Å². The lowest BCUT2D eigenvalue weighted by molar-refractivity contribution is 0.755. The van der Waals surface area contributed by atoms with Gasteiger partial charge in [0, 0.05) is 0 Å². The van der Waals surface area contributed by atoms with Gasteiger partial charge in [-0.05, 0) is 43.3 Å². The van der Waals surface area contributed by atoms with Crippen LogP contribution in [-0.2, 0) is 0 Å². The summed E-state index contributed by atoms with van der Waals surface area (Å²) < 4.78 is 0. The molecule has 0 aromatic carbocycles. The molecule has 0 aliphatic heterocycles. The minimum atomic E-state index is 0.499. The van der Waals surface area contributed by atoms with E-state index in [2.05, 4.69) is 59.1 Å². The molecule has 0 spiro atoms. The molecule has 108 valence electrons. The van der Waals surface area contributed by atoms with Gasteiger partial charge in [-0.2, -0.15) is 0 Å². The van der Waals surface area contributed by atoms with Crippen LogP contribution >= 0.6 is 0 Å². The Morgan fingerprint density at radius 2 is 2.05 bits per heavy atom. The smallest absolute Gasteiger partial charge is 0.00936 e. The summed E-state index contributed by atoms with van der Waals surface area (Å²) in [5.41, 5.74) is 7.16. The van der Waals surface area contributed by atoms with Gasteiger partial charge in [0.25, 0.3) is 0 Å². The van der Waals surface area contributed by atoms with E-state index in [0.29, 0.717) is 5.92 Å². The van der Waals surface area contributed by atoms with E-state index in [-0.39, 0.29) is 0 Å². The predicted octanol–water partition coefficient (Wildman–Crippen LogP) is 6.31. The summed E-state index contributed by atoms with van der Waals surface area (Å²) >= 11 is 0. The maximum absolute atomic E-state index is 3.98. The van der Waals surface area contributed by atoms with Crippen molar-refractivity contribution in [1.29, 1.82) is 0 Å². The van der Waals surface area contributed by atoms with Crippen LogP contribution in [0.15, 0.2) is 71.4 Å². The fraction of sp³-hybridized carbons (Fsp3) is 0.400. The molecule has 20 heavy (non-hydrogen) atoms. The molecule has 0 saturated carbocycles. The molecule has 0 aromatic rings. The summed E-state index contributed by atoms with van der Waals surface area (Å²) in [5, 5.41) is 0. The molecule has 0 amide bonds. The van der Waals surface area contributed by atoms with Crippen LogP contribution in [0.2, 0.25) is 0 Å². The average Bonchev–Trinajstić information content (AvgIpc) is 2.59. The molecule has 0 saturated heterocycles. The number of rotatable bonds is 5. The lowest BCUT2D eigenvalue weighted by Crippen LogP contribution is -2.03. The van der Waals surface area contributed by atoms with E-state index in [4.69, 9.17) is 0 Å². The minimum absolute atomic E-state index is 0.499. The number of hydrogen-bond donors (Lipinski definition) is 0. The van der Waals surface area contributed by atoms with Gasteiger partial charge in [-0.15, -0.1) is 0 Å². The van der Waals surface area contributed by atoms with Crippen molar-refractivity contribution in [3.63, 3.8) is 0 Å². The van der Waals surface area contributed by atoms with E-state index in [1.165, 1.54) is 22.3 Å². The monoisotopic (exact) mass is 268 g/mol. The minimum Gasteiger partial charge on any atom is -0.0990 e. The van der Waals surface area contributed by atoms with E-state index in [9.17, 15) is 0 Å². The molecule has 0 heteroatoms. The van der Waals surface area contributed by atoms with Crippen LogP contribution in [-0.4, -0.2) is 0 Å². The Bertz CT molecular complexity index is 490. The van der Waals surface area contributed by atoms with E-state index in [1.54, 1.807) is 5.57 Å². The molecule has 0 N–H and O–H groups in total. The van der Waals surface area contributed by atoms with Crippen molar-refractivity contribution in [2.75, 3.05) is 0 Å². The van der Waals surface area contributed by atoms with E-state index in [1.807, 2.05) is 12.2 Å². The van der Waals surface area contributed by atoms with Gasteiger partial charge in [0.2, 0.25) is 0 Å². The zero-order chi connectivity index (χ0) is 15.1. The largest absolute Gasteiger partial charge is 0.0990 e. The number of hydrogen-bond acceptors (Lipinski definition) is 0. The Labute approximate surface area is 125 Å². The molecule has 1 aliphatic carbocycles. The first kappa shape index (κ1) is 16.5. The Balaban J connectivity index is 3.37. The Hall–Kier alpha value is -1.56. The van der Waals surface area contributed by atoms with Gasteiger partial charge < -0.3 is 0 Å². The molecule has 0 aromatic heterocycles. The molecule has 1 aliphatic rings. The van der Waals surface area contributed by atoms with Gasteiger partial charge in [-0.3, -0.25) is 0 Å². The van der Waals surface area contributed by atoms with Crippen LogP contribution in [0.5, 0.6) is 0 Å². The highest BCUT2D eigenvalue weighted by atomic mass is 14.2. The molecule has 0 fully saturated rings. The van der Waals surface area contributed by atoms with Crippen molar-refractivity contribution in [2.45, 2.75) is 47.0 Å². The van der Waals surface area contributed by atoms with E-state index in [0.717, 1.165) is 19.3 Å². The van der Waals surface area contributed by atoms with Crippen molar-refractivity contribution in [3.8, 4) is 0 Å². The highest BCUT2D eigenvalue weighted by Gasteiger charge is 2.15. The van der Waals surface area contributed by atoms with Crippen molar-refractivity contribution >= 4 is 0 Å². The molecule has 1 rings (SSSR count). The first-order chi connectivity index (χ1) is 9.54. The third-order valence-electron chi connectivity index (χ3n) is 3.93. The van der Waals surface area contributed by atoms with Crippen LogP contribution in [0, 0.1) is 5.92 Å². The molecule has 0 bridgehead atoms. The van der Waals surface area contributed by atoms with Gasteiger partial charge >= 0.3 is 0 Å². The topological polar surface area (TPSA) is 0 Å². The van der Waals surface area contributed by atoms with Crippen LogP contribution < -0.4 is 0 Å². The normalized spacial score (nSPS) is 19.1. The second kappa shape index (κ2) is 7.89. The molecule has 0 atom stereocenters. The maximum atomic E-state index is 3.98. The lowest BCUT2D eigenvalue weighted by atomic mass is 9.85. The Morgan fingerprint density at radius 1 is 1.35 bits per heavy atom. The maximum Gasteiger partial charge on any atom is -0.00936 e. The third kappa shape index (κ3) is 3.96. The molecule has 0 heterocycles. The standard InChI is InChI=1S/C20H28/c1-7-11-17(8-2)20(15(4)5)19-13-10-12-16(6)18(9-3)14-19/h7-8,10-12,15H,1-2,9,13-14H2,3-6H3/b17-11-,20-19+. The summed E-state index contributed by atoms with van der Waals surface area (Å²) in [6, 6.07) is 0. The first-order valence-corrected chi connectivity index (χ1v) is 7.57. The first-order valence-electron chi connectivity index (χ1n) is 7.57. The average molecular weight is 268 g/mol. The van der Waals surface area contributed by atoms with E-state index >= 15 is 0 Å². The van der Waals surface area contributed by atoms with Crippen LogP contribution in [0.1, 0.15) is 47.0 Å². The van der Waals surface area contributed by atoms with Crippen molar-refractivity contribution < 1.29 is 0 Å². The SMILES string of the molecule is C=C/C=C(C=C)\C(=C1/CC=CC(C)=C(CC)C1)C(C)C. The lowest BCUT2D eigenvalue weighted by Gasteiger charge is -2.20. The predicted molar refractivity (Wildman–Crippen MR) is 91.7 cm³/mol. The zero-order valence-corrected chi connectivity index (χ0v) is 13.5. The third-order valence-corrected chi connectivity index (χ3v) is 3.93. The highest BCUT2D eigenvalue weighted by Crippen LogP contribution is 2.33. The molecular weight excluding hydrogens is 240 g/mol. The van der Waals surface area contributed by atoms with Gasteiger partial charge in [-0.1, -0.05) is 81.0 Å². The fourth-order valence-corrected chi connectivity index (χ4v) is 2.91. The molecule has 0 nitrogen and oxygen atoms in total. The summed E-state index contributed by atoms with van der Waals surface area (Å²) in [4.78, 5) is 0. The van der Waals surface area contributed by atoms with Crippen molar-refractivity contribution in [3.05, 3.63) is 71.4 Å². The molecule has 0 radical (unpaired) electrons. The van der Waals surface area contributed by atoms with Gasteiger partial charge in [0.15, 0.2) is 0 Å². The number of allylic oxidation sites excluding steroid dienone is 10. The van der Waals surface area contributed by atoms with Gasteiger partial charge in [0.1, 0.15) is 0 Å². The Kier molecular flexibility index (Phi) is 6.51. The van der Waals surface area contributed by atoms with Crippen LogP contribution in [0.3, 0.4) is 0 Å². The zero-order valence-electron chi connectivity index (χ0n) is 13.5. The van der Waals surface area contributed by atoms with Gasteiger partial charge in [-0.25, -0.2) is 0 Å². The van der Waals surface area contributed by atoms with Crippen LogP contribution in [0.4, 0.5) is 0 Å². The second-order valence-electron chi connectivity index (χ2n) is 5.66. The Morgan fingerprint density at radius 3 is 2.55 bits per heavy atom. The summed E-state index contributed by atoms with van der Waals surface area (Å²) in [7, 11) is 0. The summed E-state index contributed by atoms with van der Waals surface area (Å²) in [5.74, 6) is 0.499. The summed E-state index contributed by atoms with van der Waals surface area (Å²) in [6.07, 6.45) is 13.7. The van der Waals surface area contributed by atoms with Crippen molar-refractivity contribution in [2.24, 2.45) is 5.92 Å². The molecule has 0 unspecified atom stereocenters. The highest BCUT2D eigenvalue weighted by molar-refractivity contribution is 5.47. The fourth-order valence-electron chi connectivity index (χ4n) is 2.91. The quantitative estimate of drug-likeness (QED) is 0.512. The van der Waals surface area contributed by atoms with Crippen LogP contribution in [0.25, 0.3) is 0 Å². The van der Waals surface area contributed by atoms with Crippen molar-refractivity contribution in [1.82, 2.24) is 0 Å². The summed E-state index contributed by atoms with van der Waals surface area (Å²) in [6.45, 7) is 16.8. The molecular formula is C20H28. The second-order valence-corrected chi connectivity index (χ2v) is 5.66.